The summed E-state index contributed by atoms with van der Waals surface area (Å²) < 4.78 is 5.48. The summed E-state index contributed by atoms with van der Waals surface area (Å²) in [7, 11) is 0. The SMILES string of the molecule is CSc1ncc2c(n1)C1CC2CN1C(=O)OC(C)(C)C. The van der Waals surface area contributed by atoms with E-state index in [2.05, 4.69) is 9.97 Å². The number of ether oxygens (including phenoxy) is 1. The Morgan fingerprint density at radius 1 is 1.50 bits per heavy atom. The summed E-state index contributed by atoms with van der Waals surface area (Å²) in [5.41, 5.74) is 1.75. The minimum Gasteiger partial charge on any atom is -0.444 e. The van der Waals surface area contributed by atoms with E-state index in [4.69, 9.17) is 4.74 Å². The minimum absolute atomic E-state index is 0.0544. The molecule has 2 heterocycles. The molecular formula is C14H19N3O2S. The molecule has 5 nitrogen and oxygen atoms in total. The quantitative estimate of drug-likeness (QED) is 0.588. The number of hydrogen-bond acceptors (Lipinski definition) is 5. The fourth-order valence-corrected chi connectivity index (χ4v) is 3.26. The Labute approximate surface area is 123 Å². The third kappa shape index (κ3) is 2.26. The molecule has 6 heteroatoms. The zero-order chi connectivity index (χ0) is 14.5. The van der Waals surface area contributed by atoms with Crippen LogP contribution in [0.2, 0.25) is 0 Å². The van der Waals surface area contributed by atoms with Crippen LogP contribution >= 0.6 is 11.8 Å². The van der Waals surface area contributed by atoms with E-state index < -0.39 is 5.60 Å². The van der Waals surface area contributed by atoms with Gasteiger partial charge in [0.05, 0.1) is 11.7 Å². The summed E-state index contributed by atoms with van der Waals surface area (Å²) in [5.74, 6) is 0.360. The van der Waals surface area contributed by atoms with Crippen LogP contribution in [0.15, 0.2) is 11.4 Å². The second-order valence-electron chi connectivity index (χ2n) is 6.28. The average molecular weight is 293 g/mol. The van der Waals surface area contributed by atoms with Crippen molar-refractivity contribution in [3.63, 3.8) is 0 Å². The molecular weight excluding hydrogens is 274 g/mol. The number of carbonyl (C=O) groups excluding carboxylic acids is 1. The van der Waals surface area contributed by atoms with Gasteiger partial charge in [0.2, 0.25) is 0 Å². The summed E-state index contributed by atoms with van der Waals surface area (Å²) >= 11 is 1.52. The van der Waals surface area contributed by atoms with Gasteiger partial charge < -0.3 is 4.74 Å². The van der Waals surface area contributed by atoms with Crippen LogP contribution < -0.4 is 0 Å². The number of likely N-dealkylation sites (tertiary alicyclic amines) is 1. The molecule has 108 valence electrons. The normalized spacial score (nSPS) is 23.9. The van der Waals surface area contributed by atoms with Gasteiger partial charge in [0.15, 0.2) is 5.16 Å². The standard InChI is InChI=1S/C14H19N3O2S/c1-14(2,3)19-13(18)17-7-8-5-10(17)11-9(8)6-15-12(16-11)20-4/h6,8,10H,5,7H2,1-4H3. The van der Waals surface area contributed by atoms with Crippen molar-refractivity contribution in [2.45, 2.75) is 49.9 Å². The molecule has 2 bridgehead atoms. The van der Waals surface area contributed by atoms with Gasteiger partial charge in [0.25, 0.3) is 0 Å². The van der Waals surface area contributed by atoms with Crippen molar-refractivity contribution in [3.05, 3.63) is 17.5 Å². The number of aromatic nitrogens is 2. The molecule has 1 aliphatic carbocycles. The van der Waals surface area contributed by atoms with Crippen molar-refractivity contribution < 1.29 is 9.53 Å². The predicted octanol–water partition coefficient (Wildman–Crippen LogP) is 2.98. The summed E-state index contributed by atoms with van der Waals surface area (Å²) in [5, 5.41) is 0.764. The second kappa shape index (κ2) is 4.62. The monoisotopic (exact) mass is 293 g/mol. The number of nitrogens with zero attached hydrogens (tertiary/aromatic N) is 3. The molecule has 20 heavy (non-hydrogen) atoms. The largest absolute Gasteiger partial charge is 0.444 e. The first-order valence-electron chi connectivity index (χ1n) is 6.79. The summed E-state index contributed by atoms with van der Waals surface area (Å²) in [6, 6.07) is 0.0544. The third-order valence-corrected chi connectivity index (χ3v) is 4.25. The van der Waals surface area contributed by atoms with Crippen LogP contribution in [0.4, 0.5) is 4.79 Å². The van der Waals surface area contributed by atoms with E-state index in [9.17, 15) is 4.79 Å². The van der Waals surface area contributed by atoms with E-state index in [1.165, 1.54) is 17.3 Å². The van der Waals surface area contributed by atoms with Crippen LogP contribution in [0.5, 0.6) is 0 Å². The lowest BCUT2D eigenvalue weighted by molar-refractivity contribution is 0.0211. The van der Waals surface area contributed by atoms with Gasteiger partial charge in [-0.05, 0) is 39.0 Å². The lowest BCUT2D eigenvalue weighted by Gasteiger charge is -2.30. The van der Waals surface area contributed by atoms with Crippen molar-refractivity contribution >= 4 is 17.9 Å². The Morgan fingerprint density at radius 2 is 2.25 bits per heavy atom. The van der Waals surface area contributed by atoms with E-state index in [-0.39, 0.29) is 12.1 Å². The number of rotatable bonds is 1. The lowest BCUT2D eigenvalue weighted by Crippen LogP contribution is -2.38. The maximum atomic E-state index is 12.3. The highest BCUT2D eigenvalue weighted by Gasteiger charge is 2.47. The van der Waals surface area contributed by atoms with Crippen LogP contribution in [-0.4, -0.2) is 39.4 Å². The maximum absolute atomic E-state index is 12.3. The van der Waals surface area contributed by atoms with Crippen molar-refractivity contribution in [2.75, 3.05) is 12.8 Å². The van der Waals surface area contributed by atoms with Gasteiger partial charge in [-0.3, -0.25) is 4.90 Å². The third-order valence-electron chi connectivity index (χ3n) is 3.69. The zero-order valence-corrected chi connectivity index (χ0v) is 13.0. The van der Waals surface area contributed by atoms with E-state index in [0.717, 1.165) is 17.3 Å². The van der Waals surface area contributed by atoms with Crippen LogP contribution in [0.25, 0.3) is 0 Å². The van der Waals surface area contributed by atoms with Crippen LogP contribution in [-0.2, 0) is 4.74 Å². The molecule has 1 amide bonds. The highest BCUT2D eigenvalue weighted by molar-refractivity contribution is 7.98. The van der Waals surface area contributed by atoms with Crippen molar-refractivity contribution in [2.24, 2.45) is 0 Å². The first kappa shape index (κ1) is 13.7. The Morgan fingerprint density at radius 3 is 2.90 bits per heavy atom. The highest BCUT2D eigenvalue weighted by Crippen LogP contribution is 2.49. The number of thioether (sulfide) groups is 1. The Balaban J connectivity index is 1.85. The molecule has 1 aromatic rings. The number of amides is 1. The molecule has 0 N–H and O–H groups in total. The molecule has 3 rings (SSSR count). The van der Waals surface area contributed by atoms with Gasteiger partial charge in [-0.1, -0.05) is 11.8 Å². The van der Waals surface area contributed by atoms with Crippen LogP contribution in [0, 0.1) is 0 Å². The first-order chi connectivity index (χ1) is 9.39. The first-order valence-corrected chi connectivity index (χ1v) is 8.02. The molecule has 2 atom stereocenters. The van der Waals surface area contributed by atoms with Gasteiger partial charge in [-0.15, -0.1) is 0 Å². The van der Waals surface area contributed by atoms with Gasteiger partial charge in [-0.25, -0.2) is 14.8 Å². The Bertz CT molecular complexity index is 556. The lowest BCUT2D eigenvalue weighted by atomic mass is 10.1. The molecule has 1 aromatic heterocycles. The molecule has 1 saturated heterocycles. The summed E-state index contributed by atoms with van der Waals surface area (Å²) in [6.07, 6.45) is 4.59. The Kier molecular flexibility index (Phi) is 3.16. The van der Waals surface area contributed by atoms with E-state index in [0.29, 0.717) is 12.5 Å². The van der Waals surface area contributed by atoms with E-state index >= 15 is 0 Å². The fraction of sp³-hybridized carbons (Fsp3) is 0.643. The predicted molar refractivity (Wildman–Crippen MR) is 76.9 cm³/mol. The topological polar surface area (TPSA) is 55.3 Å². The molecule has 0 radical (unpaired) electrons. The Hall–Kier alpha value is -1.30. The highest BCUT2D eigenvalue weighted by atomic mass is 32.2. The van der Waals surface area contributed by atoms with Crippen molar-refractivity contribution in [1.82, 2.24) is 14.9 Å². The molecule has 2 unspecified atom stereocenters. The molecule has 0 saturated carbocycles. The van der Waals surface area contributed by atoms with Gasteiger partial charge in [-0.2, -0.15) is 0 Å². The second-order valence-corrected chi connectivity index (χ2v) is 7.05. The fourth-order valence-electron chi connectivity index (χ4n) is 2.91. The van der Waals surface area contributed by atoms with Gasteiger partial charge in [0.1, 0.15) is 5.60 Å². The van der Waals surface area contributed by atoms with E-state index in [1.54, 1.807) is 0 Å². The molecule has 1 fully saturated rings. The van der Waals surface area contributed by atoms with Crippen LogP contribution in [0.3, 0.4) is 0 Å². The summed E-state index contributed by atoms with van der Waals surface area (Å²) in [6.45, 7) is 6.39. The molecule has 0 aromatic carbocycles. The minimum atomic E-state index is -0.460. The zero-order valence-electron chi connectivity index (χ0n) is 12.2. The summed E-state index contributed by atoms with van der Waals surface area (Å²) in [4.78, 5) is 23.0. The van der Waals surface area contributed by atoms with Crippen molar-refractivity contribution in [1.29, 1.82) is 0 Å². The molecule has 0 spiro atoms. The van der Waals surface area contributed by atoms with E-state index in [1.807, 2.05) is 38.1 Å². The average Bonchev–Trinajstić information content (AvgIpc) is 2.94. The molecule has 2 aliphatic rings. The number of hydrogen-bond donors (Lipinski definition) is 0. The number of fused-ring (bicyclic) bond motifs is 5. The molecule has 1 aliphatic heterocycles. The van der Waals surface area contributed by atoms with Crippen LogP contribution in [0.1, 0.15) is 50.4 Å². The van der Waals surface area contributed by atoms with Crippen molar-refractivity contribution in [3.8, 4) is 0 Å². The van der Waals surface area contributed by atoms with Gasteiger partial charge >= 0.3 is 6.09 Å². The smallest absolute Gasteiger partial charge is 0.410 e. The van der Waals surface area contributed by atoms with Gasteiger partial charge in [0, 0.05) is 18.7 Å². The maximum Gasteiger partial charge on any atom is 0.410 e. The number of carbonyl (C=O) groups is 1.